The highest BCUT2D eigenvalue weighted by molar-refractivity contribution is 5.56. The molecule has 0 bridgehead atoms. The molecule has 132 valence electrons. The minimum Gasteiger partial charge on any atom is -0.494 e. The maximum Gasteiger partial charge on any atom is 0.159 e. The molecule has 2 rings (SSSR count). The van der Waals surface area contributed by atoms with Crippen LogP contribution in [0.25, 0.3) is 11.4 Å². The molecular weight excluding hydrogens is 308 g/mol. The Labute approximate surface area is 151 Å². The van der Waals surface area contributed by atoms with Gasteiger partial charge < -0.3 is 4.74 Å². The molecule has 0 aliphatic carbocycles. The van der Waals surface area contributed by atoms with Crippen LogP contribution in [0.3, 0.4) is 0 Å². The van der Waals surface area contributed by atoms with E-state index in [4.69, 9.17) is 4.74 Å². The molecule has 3 nitrogen and oxygen atoms in total. The first kappa shape index (κ1) is 19.0. The average Bonchev–Trinajstić information content (AvgIpc) is 2.66. The molecule has 0 radical (unpaired) electrons. The van der Waals surface area contributed by atoms with Gasteiger partial charge in [-0.15, -0.1) is 0 Å². The molecule has 0 spiro atoms. The molecule has 1 aromatic heterocycles. The number of nitrogens with zero attached hydrogens (tertiary/aromatic N) is 2. The molecule has 0 N–H and O–H groups in total. The van der Waals surface area contributed by atoms with Crippen LogP contribution < -0.4 is 4.74 Å². The molecule has 3 heteroatoms. The second kappa shape index (κ2) is 11.3. The van der Waals surface area contributed by atoms with Gasteiger partial charge in [-0.05, 0) is 37.1 Å². The van der Waals surface area contributed by atoms with Gasteiger partial charge in [-0.25, -0.2) is 9.97 Å². The molecule has 0 aliphatic heterocycles. The number of rotatable bonds is 9. The van der Waals surface area contributed by atoms with Crippen molar-refractivity contribution in [3.05, 3.63) is 42.2 Å². The monoisotopic (exact) mass is 336 g/mol. The molecule has 0 fully saturated rings. The molecule has 0 unspecified atom stereocenters. The number of ether oxygens (including phenoxy) is 1. The normalized spacial score (nSPS) is 10.2. The molecule has 0 aliphatic rings. The molecule has 1 heterocycles. The zero-order valence-electron chi connectivity index (χ0n) is 15.4. The molecule has 0 amide bonds. The Morgan fingerprint density at radius 3 is 2.28 bits per heavy atom. The Hall–Kier alpha value is -2.34. The molecule has 25 heavy (non-hydrogen) atoms. The SMILES string of the molecule is CCCCC#Cc1cnc(-c2ccc(OCCCCCC)cc2)nc1. The Balaban J connectivity index is 1.87. The lowest BCUT2D eigenvalue weighted by Crippen LogP contribution is -1.97. The van der Waals surface area contributed by atoms with Gasteiger partial charge in [-0.2, -0.15) is 0 Å². The summed E-state index contributed by atoms with van der Waals surface area (Å²) in [5.41, 5.74) is 1.86. The lowest BCUT2D eigenvalue weighted by Gasteiger charge is -2.06. The summed E-state index contributed by atoms with van der Waals surface area (Å²) in [7, 11) is 0. The van der Waals surface area contributed by atoms with Gasteiger partial charge in [-0.3, -0.25) is 0 Å². The van der Waals surface area contributed by atoms with Crippen LogP contribution in [-0.2, 0) is 0 Å². The van der Waals surface area contributed by atoms with Gasteiger partial charge in [0.15, 0.2) is 5.82 Å². The third kappa shape index (κ3) is 6.97. The summed E-state index contributed by atoms with van der Waals surface area (Å²) in [5, 5.41) is 0. The summed E-state index contributed by atoms with van der Waals surface area (Å²) in [4.78, 5) is 8.84. The minimum atomic E-state index is 0.716. The zero-order chi connectivity index (χ0) is 17.7. The Morgan fingerprint density at radius 1 is 0.880 bits per heavy atom. The van der Waals surface area contributed by atoms with E-state index in [0.29, 0.717) is 5.82 Å². The summed E-state index contributed by atoms with van der Waals surface area (Å²) >= 11 is 0. The van der Waals surface area contributed by atoms with Crippen LogP contribution in [0.2, 0.25) is 0 Å². The predicted octanol–water partition coefficient (Wildman–Crippen LogP) is 5.64. The maximum atomic E-state index is 5.77. The largest absolute Gasteiger partial charge is 0.494 e. The highest BCUT2D eigenvalue weighted by atomic mass is 16.5. The lowest BCUT2D eigenvalue weighted by atomic mass is 10.2. The van der Waals surface area contributed by atoms with Crippen molar-refractivity contribution in [1.29, 1.82) is 0 Å². The van der Waals surface area contributed by atoms with Crippen molar-refractivity contribution in [3.63, 3.8) is 0 Å². The molecule has 2 aromatic rings. The molecule has 0 saturated heterocycles. The summed E-state index contributed by atoms with van der Waals surface area (Å²) < 4.78 is 5.77. The number of hydrogen-bond donors (Lipinski definition) is 0. The highest BCUT2D eigenvalue weighted by Gasteiger charge is 2.02. The summed E-state index contributed by atoms with van der Waals surface area (Å²) in [6.07, 6.45) is 11.7. The zero-order valence-corrected chi connectivity index (χ0v) is 15.4. The molecule has 1 aromatic carbocycles. The first-order valence-electron chi connectivity index (χ1n) is 9.37. The molecule has 0 saturated carbocycles. The predicted molar refractivity (Wildman–Crippen MR) is 104 cm³/mol. The Bertz CT molecular complexity index is 666. The van der Waals surface area contributed by atoms with E-state index in [2.05, 4.69) is 35.7 Å². The van der Waals surface area contributed by atoms with Gasteiger partial charge in [0.1, 0.15) is 5.75 Å². The van der Waals surface area contributed by atoms with Crippen molar-refractivity contribution in [2.24, 2.45) is 0 Å². The summed E-state index contributed by atoms with van der Waals surface area (Å²) in [6.45, 7) is 5.16. The van der Waals surface area contributed by atoms with E-state index >= 15 is 0 Å². The minimum absolute atomic E-state index is 0.716. The second-order valence-electron chi connectivity index (χ2n) is 6.13. The van der Waals surface area contributed by atoms with Crippen molar-refractivity contribution in [1.82, 2.24) is 9.97 Å². The fourth-order valence-corrected chi connectivity index (χ4v) is 2.39. The fourth-order valence-electron chi connectivity index (χ4n) is 2.39. The second-order valence-corrected chi connectivity index (χ2v) is 6.13. The standard InChI is InChI=1S/C22H28N2O/c1-3-5-7-9-11-19-17-23-22(24-18-19)20-12-14-21(15-13-20)25-16-10-8-6-4-2/h12-15,17-18H,3-8,10,16H2,1-2H3. The quantitative estimate of drug-likeness (QED) is 0.439. The van der Waals surface area contributed by atoms with Crippen LogP contribution in [0.1, 0.15) is 64.4 Å². The van der Waals surface area contributed by atoms with Crippen molar-refractivity contribution in [2.45, 2.75) is 58.8 Å². The van der Waals surface area contributed by atoms with E-state index in [0.717, 1.165) is 42.7 Å². The van der Waals surface area contributed by atoms with Crippen LogP contribution in [0.5, 0.6) is 5.75 Å². The molecular formula is C22H28N2O. The van der Waals surface area contributed by atoms with Gasteiger partial charge in [0, 0.05) is 24.4 Å². The Morgan fingerprint density at radius 2 is 1.60 bits per heavy atom. The van der Waals surface area contributed by atoms with E-state index in [-0.39, 0.29) is 0 Å². The van der Waals surface area contributed by atoms with E-state index in [1.54, 1.807) is 12.4 Å². The van der Waals surface area contributed by atoms with Gasteiger partial charge in [-0.1, -0.05) is 51.4 Å². The third-order valence-corrected chi connectivity index (χ3v) is 3.92. The first-order chi connectivity index (χ1) is 12.3. The topological polar surface area (TPSA) is 35.0 Å². The van der Waals surface area contributed by atoms with Crippen LogP contribution in [0.4, 0.5) is 0 Å². The lowest BCUT2D eigenvalue weighted by molar-refractivity contribution is 0.305. The number of unbranched alkanes of at least 4 members (excludes halogenated alkanes) is 5. The average molecular weight is 336 g/mol. The maximum absolute atomic E-state index is 5.77. The van der Waals surface area contributed by atoms with Crippen LogP contribution in [0.15, 0.2) is 36.7 Å². The van der Waals surface area contributed by atoms with Crippen molar-refractivity contribution in [3.8, 4) is 29.0 Å². The number of aromatic nitrogens is 2. The van der Waals surface area contributed by atoms with Crippen LogP contribution >= 0.6 is 0 Å². The number of benzene rings is 1. The van der Waals surface area contributed by atoms with Crippen molar-refractivity contribution < 1.29 is 4.74 Å². The van der Waals surface area contributed by atoms with Gasteiger partial charge in [0.05, 0.1) is 12.2 Å². The third-order valence-electron chi connectivity index (χ3n) is 3.92. The van der Waals surface area contributed by atoms with E-state index in [9.17, 15) is 0 Å². The van der Waals surface area contributed by atoms with Gasteiger partial charge in [0.25, 0.3) is 0 Å². The smallest absolute Gasteiger partial charge is 0.159 e. The van der Waals surface area contributed by atoms with Gasteiger partial charge in [0.2, 0.25) is 0 Å². The van der Waals surface area contributed by atoms with Crippen molar-refractivity contribution >= 4 is 0 Å². The summed E-state index contributed by atoms with van der Waals surface area (Å²) in [6, 6.07) is 7.97. The summed E-state index contributed by atoms with van der Waals surface area (Å²) in [5.74, 6) is 7.88. The number of hydrogen-bond acceptors (Lipinski definition) is 3. The van der Waals surface area contributed by atoms with E-state index in [1.165, 1.54) is 25.7 Å². The molecule has 0 atom stereocenters. The first-order valence-corrected chi connectivity index (χ1v) is 9.37. The van der Waals surface area contributed by atoms with Gasteiger partial charge >= 0.3 is 0 Å². The fraction of sp³-hybridized carbons (Fsp3) is 0.455. The van der Waals surface area contributed by atoms with Crippen LogP contribution in [-0.4, -0.2) is 16.6 Å². The highest BCUT2D eigenvalue weighted by Crippen LogP contribution is 2.19. The van der Waals surface area contributed by atoms with E-state index in [1.807, 2.05) is 24.3 Å². The van der Waals surface area contributed by atoms with E-state index < -0.39 is 0 Å². The van der Waals surface area contributed by atoms with Crippen molar-refractivity contribution in [2.75, 3.05) is 6.61 Å². The Kier molecular flexibility index (Phi) is 8.55. The van der Waals surface area contributed by atoms with Crippen LogP contribution in [0, 0.1) is 11.8 Å².